The SMILES string of the molecule is Cc1ccc(C)c(/C(O)=C2\C(=O)C(=O)N(c3nc4ccc(F)cc4s3)C2c2ccc(C)o2)c1. The number of rotatable bonds is 3. The molecule has 2 aromatic carbocycles. The highest BCUT2D eigenvalue weighted by Crippen LogP contribution is 2.45. The summed E-state index contributed by atoms with van der Waals surface area (Å²) in [5, 5.41) is 11.5. The van der Waals surface area contributed by atoms with E-state index in [1.54, 1.807) is 25.1 Å². The number of amides is 1. The second-order valence-electron chi connectivity index (χ2n) is 8.04. The summed E-state index contributed by atoms with van der Waals surface area (Å²) in [5.41, 5.74) is 2.55. The average molecular weight is 463 g/mol. The number of carbonyl (C=O) groups is 2. The van der Waals surface area contributed by atoms with Gasteiger partial charge in [-0.3, -0.25) is 14.5 Å². The van der Waals surface area contributed by atoms with Gasteiger partial charge in [0.2, 0.25) is 0 Å². The normalized spacial score (nSPS) is 17.9. The van der Waals surface area contributed by atoms with Gasteiger partial charge in [-0.1, -0.05) is 29.0 Å². The summed E-state index contributed by atoms with van der Waals surface area (Å²) in [4.78, 5) is 32.1. The van der Waals surface area contributed by atoms with Gasteiger partial charge in [0.1, 0.15) is 29.1 Å². The number of aliphatic hydroxyl groups excluding tert-OH is 1. The van der Waals surface area contributed by atoms with Gasteiger partial charge in [-0.25, -0.2) is 9.37 Å². The van der Waals surface area contributed by atoms with E-state index < -0.39 is 23.5 Å². The fourth-order valence-corrected chi connectivity index (χ4v) is 5.04. The lowest BCUT2D eigenvalue weighted by molar-refractivity contribution is -0.132. The maximum absolute atomic E-state index is 13.7. The number of thiazole rings is 1. The lowest BCUT2D eigenvalue weighted by Crippen LogP contribution is -2.29. The monoisotopic (exact) mass is 462 g/mol. The van der Waals surface area contributed by atoms with Gasteiger partial charge >= 0.3 is 5.91 Å². The lowest BCUT2D eigenvalue weighted by atomic mass is 9.96. The third-order valence-corrected chi connectivity index (χ3v) is 6.69. The number of hydrogen-bond donors (Lipinski definition) is 1. The van der Waals surface area contributed by atoms with E-state index in [9.17, 15) is 19.1 Å². The Morgan fingerprint density at radius 3 is 2.61 bits per heavy atom. The number of benzene rings is 2. The molecule has 1 atom stereocenters. The number of aliphatic hydroxyl groups is 1. The molecule has 1 fully saturated rings. The first-order chi connectivity index (χ1) is 15.7. The van der Waals surface area contributed by atoms with Gasteiger partial charge in [-0.15, -0.1) is 0 Å². The van der Waals surface area contributed by atoms with Crippen LogP contribution in [0.15, 0.2) is 58.5 Å². The van der Waals surface area contributed by atoms with E-state index in [0.29, 0.717) is 27.3 Å². The molecule has 1 unspecified atom stereocenters. The highest BCUT2D eigenvalue weighted by molar-refractivity contribution is 7.22. The smallest absolute Gasteiger partial charge is 0.302 e. The standard InChI is InChI=1S/C25H19FN2O4S/c1-12-4-5-13(2)16(10-12)22(29)20-21(18-9-6-14(3)32-18)28(24(31)23(20)30)25-27-17-8-7-15(26)11-19(17)33-25/h4-11,21,29H,1-3H3/b22-20+. The number of aryl methyl sites for hydroxylation is 3. The second kappa shape index (κ2) is 7.67. The number of carbonyl (C=O) groups excluding carboxylic acids is 2. The number of furan rings is 1. The molecule has 1 aliphatic rings. The molecule has 1 N–H and O–H groups in total. The van der Waals surface area contributed by atoms with Crippen molar-refractivity contribution in [1.29, 1.82) is 0 Å². The quantitative estimate of drug-likeness (QED) is 0.244. The Morgan fingerprint density at radius 2 is 1.88 bits per heavy atom. The molecular formula is C25H19FN2O4S. The number of Topliss-reactive ketones (excluding diaryl/α,β-unsaturated/α-hetero) is 1. The predicted octanol–water partition coefficient (Wildman–Crippen LogP) is 5.58. The summed E-state index contributed by atoms with van der Waals surface area (Å²) in [6, 6.07) is 12.0. The summed E-state index contributed by atoms with van der Waals surface area (Å²) in [6.45, 7) is 5.45. The number of ketones is 1. The molecule has 33 heavy (non-hydrogen) atoms. The van der Waals surface area contributed by atoms with Crippen molar-refractivity contribution in [1.82, 2.24) is 4.98 Å². The minimum atomic E-state index is -1.01. The Hall–Kier alpha value is -3.78. The maximum Gasteiger partial charge on any atom is 0.302 e. The molecule has 8 heteroatoms. The summed E-state index contributed by atoms with van der Waals surface area (Å²) >= 11 is 1.09. The van der Waals surface area contributed by atoms with Crippen molar-refractivity contribution in [3.8, 4) is 0 Å². The van der Waals surface area contributed by atoms with Crippen molar-refractivity contribution in [3.05, 3.63) is 88.1 Å². The number of fused-ring (bicyclic) bond motifs is 1. The average Bonchev–Trinajstić information content (AvgIpc) is 3.45. The van der Waals surface area contributed by atoms with Gasteiger partial charge in [0.15, 0.2) is 5.13 Å². The number of aromatic nitrogens is 1. The second-order valence-corrected chi connectivity index (χ2v) is 9.05. The van der Waals surface area contributed by atoms with Crippen molar-refractivity contribution >= 4 is 44.1 Å². The van der Waals surface area contributed by atoms with E-state index in [0.717, 1.165) is 22.5 Å². The minimum Gasteiger partial charge on any atom is -0.507 e. The molecule has 2 aromatic heterocycles. The Morgan fingerprint density at radius 1 is 1.09 bits per heavy atom. The summed E-state index contributed by atoms with van der Waals surface area (Å²) < 4.78 is 20.1. The van der Waals surface area contributed by atoms with Crippen molar-refractivity contribution in [3.63, 3.8) is 0 Å². The van der Waals surface area contributed by atoms with Crippen molar-refractivity contribution < 1.29 is 23.5 Å². The molecule has 4 aromatic rings. The number of nitrogens with zero attached hydrogens (tertiary/aromatic N) is 2. The summed E-state index contributed by atoms with van der Waals surface area (Å²) in [6.07, 6.45) is 0. The maximum atomic E-state index is 13.7. The Bertz CT molecular complexity index is 1480. The van der Waals surface area contributed by atoms with Gasteiger partial charge in [0, 0.05) is 5.56 Å². The third kappa shape index (κ3) is 3.43. The molecule has 1 aliphatic heterocycles. The van der Waals surface area contributed by atoms with E-state index in [1.807, 2.05) is 26.0 Å². The van der Waals surface area contributed by atoms with Crippen LogP contribution in [-0.2, 0) is 9.59 Å². The van der Waals surface area contributed by atoms with Crippen LogP contribution in [0, 0.1) is 26.6 Å². The van der Waals surface area contributed by atoms with Gasteiger partial charge in [0.05, 0.1) is 15.8 Å². The molecule has 0 bridgehead atoms. The first-order valence-electron chi connectivity index (χ1n) is 10.3. The van der Waals surface area contributed by atoms with Crippen molar-refractivity contribution in [2.45, 2.75) is 26.8 Å². The fraction of sp³-hybridized carbons (Fsp3) is 0.160. The Kier molecular flexibility index (Phi) is 4.90. The van der Waals surface area contributed by atoms with Gasteiger partial charge in [-0.2, -0.15) is 0 Å². The lowest BCUT2D eigenvalue weighted by Gasteiger charge is -2.21. The van der Waals surface area contributed by atoms with E-state index in [1.165, 1.54) is 23.1 Å². The first kappa shape index (κ1) is 21.1. The summed E-state index contributed by atoms with van der Waals surface area (Å²) in [7, 11) is 0. The molecule has 3 heterocycles. The van der Waals surface area contributed by atoms with Crippen LogP contribution in [0.1, 0.15) is 34.3 Å². The number of hydrogen-bond acceptors (Lipinski definition) is 6. The van der Waals surface area contributed by atoms with Crippen LogP contribution in [0.25, 0.3) is 16.0 Å². The Labute approximate surface area is 192 Å². The van der Waals surface area contributed by atoms with Crippen molar-refractivity contribution in [2.75, 3.05) is 4.90 Å². The third-order valence-electron chi connectivity index (χ3n) is 5.67. The van der Waals surface area contributed by atoms with E-state index in [2.05, 4.69) is 4.98 Å². The fourth-order valence-electron chi connectivity index (χ4n) is 4.02. The van der Waals surface area contributed by atoms with E-state index in [-0.39, 0.29) is 16.5 Å². The zero-order valence-electron chi connectivity index (χ0n) is 18.0. The number of anilines is 1. The van der Waals surface area contributed by atoms with E-state index in [4.69, 9.17) is 4.42 Å². The summed E-state index contributed by atoms with van der Waals surface area (Å²) in [5.74, 6) is -1.45. The molecule has 0 radical (unpaired) electrons. The highest BCUT2D eigenvalue weighted by Gasteiger charge is 2.49. The van der Waals surface area contributed by atoms with Crippen LogP contribution in [0.5, 0.6) is 0 Å². The molecular weight excluding hydrogens is 443 g/mol. The van der Waals surface area contributed by atoms with Crippen LogP contribution in [0.2, 0.25) is 0 Å². The van der Waals surface area contributed by atoms with Crippen LogP contribution >= 0.6 is 11.3 Å². The molecule has 0 aliphatic carbocycles. The van der Waals surface area contributed by atoms with Crippen LogP contribution in [-0.4, -0.2) is 21.8 Å². The van der Waals surface area contributed by atoms with Gasteiger partial charge < -0.3 is 9.52 Å². The first-order valence-corrected chi connectivity index (χ1v) is 11.1. The topological polar surface area (TPSA) is 83.6 Å². The molecule has 0 spiro atoms. The van der Waals surface area contributed by atoms with Gasteiger partial charge in [-0.05, 0) is 62.7 Å². The Balaban J connectivity index is 1.75. The molecule has 1 amide bonds. The van der Waals surface area contributed by atoms with Crippen LogP contribution in [0.3, 0.4) is 0 Å². The zero-order chi connectivity index (χ0) is 23.4. The zero-order valence-corrected chi connectivity index (χ0v) is 18.9. The molecule has 166 valence electrons. The molecule has 1 saturated heterocycles. The predicted molar refractivity (Wildman–Crippen MR) is 124 cm³/mol. The molecule has 6 nitrogen and oxygen atoms in total. The highest BCUT2D eigenvalue weighted by atomic mass is 32.1. The van der Waals surface area contributed by atoms with Crippen LogP contribution < -0.4 is 4.90 Å². The number of halogens is 1. The van der Waals surface area contributed by atoms with Gasteiger partial charge in [0.25, 0.3) is 5.78 Å². The molecule has 0 saturated carbocycles. The minimum absolute atomic E-state index is 0.0755. The van der Waals surface area contributed by atoms with Crippen LogP contribution in [0.4, 0.5) is 9.52 Å². The largest absolute Gasteiger partial charge is 0.507 e. The van der Waals surface area contributed by atoms with Crippen molar-refractivity contribution in [2.24, 2.45) is 0 Å². The van der Waals surface area contributed by atoms with E-state index >= 15 is 0 Å². The molecule has 5 rings (SSSR count).